The molecule has 0 atom stereocenters. The lowest BCUT2D eigenvalue weighted by molar-refractivity contribution is 0.0934. The van der Waals surface area contributed by atoms with E-state index in [4.69, 9.17) is 11.6 Å². The summed E-state index contributed by atoms with van der Waals surface area (Å²) in [5, 5.41) is 7.44. The number of anilines is 2. The molecule has 0 bridgehead atoms. The number of nitrogens with zero attached hydrogens (tertiary/aromatic N) is 3. The third-order valence-corrected chi connectivity index (χ3v) is 6.51. The zero-order valence-corrected chi connectivity index (χ0v) is 15.8. The quantitative estimate of drug-likeness (QED) is 0.688. The smallest absolute Gasteiger partial charge is 0.276 e. The van der Waals surface area contributed by atoms with Crippen LogP contribution in [0.3, 0.4) is 0 Å². The summed E-state index contributed by atoms with van der Waals surface area (Å²) in [5.74, 6) is 1.69. The molecule has 1 amide bonds. The fourth-order valence-electron chi connectivity index (χ4n) is 3.60. The summed E-state index contributed by atoms with van der Waals surface area (Å²) in [6, 6.07) is 7.01. The summed E-state index contributed by atoms with van der Waals surface area (Å²) >= 11 is 7.73. The van der Waals surface area contributed by atoms with E-state index in [1.165, 1.54) is 6.33 Å². The van der Waals surface area contributed by atoms with Crippen LogP contribution in [0.25, 0.3) is 10.9 Å². The topological polar surface area (TPSA) is 88.9 Å². The van der Waals surface area contributed by atoms with Gasteiger partial charge in [-0.05, 0) is 36.8 Å². The number of hydrogen-bond donors (Lipinski definition) is 2. The van der Waals surface area contributed by atoms with E-state index in [9.17, 15) is 9.59 Å². The first-order chi connectivity index (χ1) is 13.0. The summed E-state index contributed by atoms with van der Waals surface area (Å²) in [6.45, 7) is 1.83. The number of aryl methyl sites for hydroxylation is 1. The number of aromatic nitrogens is 3. The van der Waals surface area contributed by atoms with Crippen LogP contribution in [-0.4, -0.2) is 31.9 Å². The molecule has 1 spiro atoms. The number of halogens is 1. The zero-order chi connectivity index (χ0) is 18.8. The van der Waals surface area contributed by atoms with Gasteiger partial charge in [-0.25, -0.2) is 9.97 Å². The summed E-state index contributed by atoms with van der Waals surface area (Å²) in [5.41, 5.74) is 1.38. The maximum atomic E-state index is 13.2. The number of rotatable bonds is 2. The first-order valence-electron chi connectivity index (χ1n) is 8.33. The lowest BCUT2D eigenvalue weighted by Crippen LogP contribution is -2.57. The minimum absolute atomic E-state index is 0.196. The zero-order valence-electron chi connectivity index (χ0n) is 14.2. The number of amides is 1. The van der Waals surface area contributed by atoms with E-state index in [1.807, 2.05) is 13.0 Å². The van der Waals surface area contributed by atoms with Gasteiger partial charge in [0, 0.05) is 21.9 Å². The van der Waals surface area contributed by atoms with Crippen LogP contribution in [0.5, 0.6) is 0 Å². The Morgan fingerprint density at radius 3 is 2.81 bits per heavy atom. The average molecular weight is 400 g/mol. The van der Waals surface area contributed by atoms with Gasteiger partial charge < -0.3 is 10.6 Å². The summed E-state index contributed by atoms with van der Waals surface area (Å²) in [6.07, 6.45) is 1.42. The molecular weight excluding hydrogens is 386 g/mol. The summed E-state index contributed by atoms with van der Waals surface area (Å²) in [7, 11) is 0. The van der Waals surface area contributed by atoms with Crippen molar-refractivity contribution in [1.82, 2.24) is 19.9 Å². The van der Waals surface area contributed by atoms with Crippen LogP contribution in [0.2, 0.25) is 5.02 Å². The first-order valence-corrected chi connectivity index (χ1v) is 9.86. The monoisotopic (exact) mass is 399 g/mol. The number of benzene rings is 1. The molecule has 9 heteroatoms. The second-order valence-electron chi connectivity index (χ2n) is 6.72. The van der Waals surface area contributed by atoms with Gasteiger partial charge in [0.25, 0.3) is 11.5 Å². The second kappa shape index (κ2) is 5.71. The van der Waals surface area contributed by atoms with Crippen molar-refractivity contribution in [2.24, 2.45) is 0 Å². The molecule has 0 unspecified atom stereocenters. The molecule has 3 aromatic rings. The fraction of sp³-hybridized carbons (Fsp3) is 0.222. The average Bonchev–Trinajstić information content (AvgIpc) is 2.94. The van der Waals surface area contributed by atoms with Crippen molar-refractivity contribution in [2.75, 3.05) is 16.8 Å². The van der Waals surface area contributed by atoms with Crippen molar-refractivity contribution in [3.05, 3.63) is 57.2 Å². The van der Waals surface area contributed by atoms with Gasteiger partial charge in [-0.3, -0.25) is 14.2 Å². The van der Waals surface area contributed by atoms with Crippen LogP contribution < -0.4 is 16.2 Å². The Labute approximate surface area is 163 Å². The normalized spacial score (nSPS) is 16.9. The molecule has 1 saturated heterocycles. The van der Waals surface area contributed by atoms with Crippen molar-refractivity contribution >= 4 is 51.7 Å². The second-order valence-corrected chi connectivity index (χ2v) is 8.14. The molecule has 2 N–H and O–H groups in total. The van der Waals surface area contributed by atoms with E-state index in [2.05, 4.69) is 20.6 Å². The Bertz CT molecular complexity index is 1190. The number of carbonyl (C=O) groups is 1. The highest BCUT2D eigenvalue weighted by atomic mass is 35.5. The Kier molecular flexibility index (Phi) is 3.50. The molecule has 2 aliphatic rings. The van der Waals surface area contributed by atoms with Gasteiger partial charge in [-0.1, -0.05) is 11.6 Å². The van der Waals surface area contributed by atoms with Gasteiger partial charge in [0.05, 0.1) is 5.52 Å². The lowest BCUT2D eigenvalue weighted by Gasteiger charge is -2.38. The number of carbonyl (C=O) groups excluding carboxylic acids is 1. The predicted octanol–water partition coefficient (Wildman–Crippen LogP) is 2.64. The lowest BCUT2D eigenvalue weighted by atomic mass is 10.1. The molecule has 5 rings (SSSR count). The molecule has 4 heterocycles. The van der Waals surface area contributed by atoms with Gasteiger partial charge in [-0.15, -0.1) is 0 Å². The predicted molar refractivity (Wildman–Crippen MR) is 106 cm³/mol. The van der Waals surface area contributed by atoms with Gasteiger partial charge in [0.1, 0.15) is 29.2 Å². The number of nitrogens with one attached hydrogen (secondary N) is 2. The number of hydrogen-bond acceptors (Lipinski definition) is 6. The molecule has 2 aliphatic heterocycles. The molecule has 27 heavy (non-hydrogen) atoms. The maximum absolute atomic E-state index is 13.2. The van der Waals surface area contributed by atoms with Crippen LogP contribution in [0.15, 0.2) is 35.4 Å². The molecule has 1 aromatic carbocycles. The molecule has 7 nitrogen and oxygen atoms in total. The molecule has 1 fully saturated rings. The van der Waals surface area contributed by atoms with E-state index < -0.39 is 5.66 Å². The third kappa shape index (κ3) is 2.36. The number of fused-ring (bicyclic) bond motifs is 3. The SMILES string of the molecule is Cc1cc(Nc2ncnc3cc(Cl)ccc23)c(=O)n2c1C(=O)NC21CSC1. The minimum Gasteiger partial charge on any atom is -0.335 e. The van der Waals surface area contributed by atoms with Crippen molar-refractivity contribution < 1.29 is 4.79 Å². The van der Waals surface area contributed by atoms with Crippen molar-refractivity contribution in [3.8, 4) is 0 Å². The fourth-order valence-corrected chi connectivity index (χ4v) is 4.76. The molecular formula is C18H14ClN5O2S. The molecule has 0 aliphatic carbocycles. The minimum atomic E-state index is -0.613. The molecule has 0 saturated carbocycles. The van der Waals surface area contributed by atoms with Gasteiger partial charge in [0.15, 0.2) is 0 Å². The number of pyridine rings is 1. The van der Waals surface area contributed by atoms with E-state index in [0.29, 0.717) is 39.2 Å². The molecule has 136 valence electrons. The van der Waals surface area contributed by atoms with Crippen molar-refractivity contribution in [3.63, 3.8) is 0 Å². The van der Waals surface area contributed by atoms with Crippen LogP contribution in [-0.2, 0) is 5.66 Å². The van der Waals surface area contributed by atoms with Crippen LogP contribution >= 0.6 is 23.4 Å². The molecule has 2 aromatic heterocycles. The van der Waals surface area contributed by atoms with Crippen molar-refractivity contribution in [1.29, 1.82) is 0 Å². The van der Waals surface area contributed by atoms with Gasteiger partial charge >= 0.3 is 0 Å². The standard InChI is InChI=1S/C18H14ClN5O2S/c1-9-4-13(17(26)24-14(9)16(25)23-18(24)6-27-7-18)22-15-11-3-2-10(19)5-12(11)20-8-21-15/h2-5,8H,6-7H2,1H3,(H,23,25)(H,20,21,22). The number of thioether (sulfide) groups is 1. The maximum Gasteiger partial charge on any atom is 0.276 e. The van der Waals surface area contributed by atoms with E-state index in [0.717, 1.165) is 10.9 Å². The highest BCUT2D eigenvalue weighted by molar-refractivity contribution is 8.00. The van der Waals surface area contributed by atoms with E-state index in [1.54, 1.807) is 34.5 Å². The van der Waals surface area contributed by atoms with Crippen molar-refractivity contribution in [2.45, 2.75) is 12.6 Å². The summed E-state index contributed by atoms with van der Waals surface area (Å²) in [4.78, 5) is 34.1. The highest BCUT2D eigenvalue weighted by Gasteiger charge is 2.49. The Morgan fingerprint density at radius 1 is 1.26 bits per heavy atom. The van der Waals surface area contributed by atoms with E-state index >= 15 is 0 Å². The Balaban J connectivity index is 1.66. The summed E-state index contributed by atoms with van der Waals surface area (Å²) < 4.78 is 1.60. The Hall–Kier alpha value is -2.58. The van der Waals surface area contributed by atoms with Crippen LogP contribution in [0.4, 0.5) is 11.5 Å². The Morgan fingerprint density at radius 2 is 2.07 bits per heavy atom. The third-order valence-electron chi connectivity index (χ3n) is 4.91. The largest absolute Gasteiger partial charge is 0.335 e. The van der Waals surface area contributed by atoms with E-state index in [-0.39, 0.29) is 11.5 Å². The van der Waals surface area contributed by atoms with Gasteiger partial charge in [-0.2, -0.15) is 11.8 Å². The van der Waals surface area contributed by atoms with Gasteiger partial charge in [0.2, 0.25) is 0 Å². The highest BCUT2D eigenvalue weighted by Crippen LogP contribution is 2.38. The van der Waals surface area contributed by atoms with Crippen LogP contribution in [0.1, 0.15) is 16.1 Å². The molecule has 0 radical (unpaired) electrons. The van der Waals surface area contributed by atoms with Crippen LogP contribution in [0, 0.1) is 6.92 Å². The first kappa shape index (κ1) is 16.6.